The van der Waals surface area contributed by atoms with E-state index in [0.29, 0.717) is 0 Å². The van der Waals surface area contributed by atoms with E-state index in [4.69, 9.17) is 10.1 Å². The maximum Gasteiger partial charge on any atom is 0.369 e. The Morgan fingerprint density at radius 1 is 2.00 bits per heavy atom. The first-order valence-corrected chi connectivity index (χ1v) is 1.64. The highest BCUT2D eigenvalue weighted by Crippen LogP contribution is 1.27. The van der Waals surface area contributed by atoms with E-state index >= 15 is 0 Å². The molecule has 0 amide bonds. The molecule has 4 heavy (non-hydrogen) atoms. The predicted octanol–water partition coefficient (Wildman–Crippen LogP) is -0.921. The van der Waals surface area contributed by atoms with Crippen LogP contribution in [0.15, 0.2) is 0 Å². The van der Waals surface area contributed by atoms with E-state index < -0.39 is 9.76 Å². The van der Waals surface area contributed by atoms with Gasteiger partial charge in [0.2, 0.25) is 0 Å². The van der Waals surface area contributed by atoms with Crippen LogP contribution in [0, 0.1) is 11.0 Å². The fraction of sp³-hybridized carbons (Fsp3) is 0. The lowest BCUT2D eigenvalue weighted by atomic mass is 11.8. The molecule has 20 valence electrons. The topological polar surface area (TPSA) is 44.0 Å². The Morgan fingerprint density at radius 2 is 2.25 bits per heavy atom. The minimum absolute atomic E-state index is 0.554. The van der Waals surface area contributed by atoms with Crippen LogP contribution >= 0.6 is 0 Å². The van der Waals surface area contributed by atoms with Crippen LogP contribution in [0.2, 0.25) is 0 Å². The van der Waals surface area contributed by atoms with Crippen LogP contribution in [0.3, 0.4) is 0 Å². The highest BCUT2D eigenvalue weighted by Gasteiger charge is 1.60. The quantitative estimate of drug-likeness (QED) is 0.375. The largest absolute Gasteiger partial charge is 0.420 e. The molecule has 0 heterocycles. The van der Waals surface area contributed by atoms with Crippen molar-refractivity contribution in [3.8, 4) is 5.69 Å². The molecule has 0 aromatic rings. The molecule has 2 nitrogen and oxygen atoms in total. The maximum atomic E-state index is 7.54. The molecule has 0 unspecified atom stereocenters. The van der Waals surface area contributed by atoms with Gasteiger partial charge < -0.3 is 4.80 Å². The predicted molar refractivity (Wildman–Crippen MR) is 13.6 cm³/mol. The molecule has 0 aliphatic carbocycles. The van der Waals surface area contributed by atoms with Crippen LogP contribution < -0.4 is 0 Å². The van der Waals surface area contributed by atoms with Gasteiger partial charge >= 0.3 is 9.76 Å². The van der Waals surface area contributed by atoms with Crippen molar-refractivity contribution in [2.24, 2.45) is 0 Å². The first-order valence-electron chi connectivity index (χ1n) is 0.697. The maximum absolute atomic E-state index is 7.54. The van der Waals surface area contributed by atoms with Crippen molar-refractivity contribution in [3.05, 3.63) is 0 Å². The lowest BCUT2D eigenvalue weighted by Crippen LogP contribution is -1.73. The summed E-state index contributed by atoms with van der Waals surface area (Å²) in [6.45, 7) is 0. The Balaban J connectivity index is 2.43. The van der Waals surface area contributed by atoms with Gasteiger partial charge in [-0.1, -0.05) is 0 Å². The van der Waals surface area contributed by atoms with Gasteiger partial charge in [-0.3, -0.25) is 0 Å². The third-order valence-electron chi connectivity index (χ3n) is 0.0500. The molecule has 0 bridgehead atoms. The number of hydrogen-bond acceptors (Lipinski definition) is 2. The van der Waals surface area contributed by atoms with Gasteiger partial charge in [-0.2, -0.15) is 0 Å². The molecule has 3 heteroatoms. The van der Waals surface area contributed by atoms with E-state index in [-0.39, 0.29) is 0 Å². The molecular weight excluding hydrogens is 70.1 g/mol. The minimum Gasteiger partial charge on any atom is -0.420 e. The average molecular weight is 71.1 g/mol. The number of rotatable bonds is 0. The Bertz CT molecular complexity index is 37.8. The molecule has 0 fully saturated rings. The lowest BCUT2D eigenvalue weighted by molar-refractivity contribution is 0.616. The second kappa shape index (κ2) is 2.67. The summed E-state index contributed by atoms with van der Waals surface area (Å²) in [4.78, 5) is 7.54. The third-order valence-corrected chi connectivity index (χ3v) is 0.150. The van der Waals surface area contributed by atoms with Crippen LogP contribution in [-0.4, -0.2) is 14.6 Å². The van der Waals surface area contributed by atoms with Crippen LogP contribution in [0.5, 0.6) is 0 Å². The third kappa shape index (κ3) is 1.67. The molecule has 0 aromatic carbocycles. The molecule has 0 saturated heterocycles. The van der Waals surface area contributed by atoms with Gasteiger partial charge in [0.25, 0.3) is 0 Å². The van der Waals surface area contributed by atoms with Crippen LogP contribution in [0.25, 0.3) is 0 Å². The lowest BCUT2D eigenvalue weighted by Gasteiger charge is -1.43. The van der Waals surface area contributed by atoms with Crippen molar-refractivity contribution in [2.45, 2.75) is 0 Å². The van der Waals surface area contributed by atoms with E-state index in [1.807, 2.05) is 0 Å². The van der Waals surface area contributed by atoms with Crippen LogP contribution in [0.1, 0.15) is 0 Å². The van der Waals surface area contributed by atoms with Gasteiger partial charge in [-0.25, -0.2) is 5.26 Å². The first kappa shape index (κ1) is 3.67. The van der Waals surface area contributed by atoms with Gasteiger partial charge in [0.05, 0.1) is 5.69 Å². The number of nitrogens with zero attached hydrogens (tertiary/aromatic N) is 1. The summed E-state index contributed by atoms with van der Waals surface area (Å²) >= 11 is 0. The number of nitriles is 1. The second-order valence-corrected chi connectivity index (χ2v) is 0.671. The normalized spacial score (nSPS) is 5.00. The smallest absolute Gasteiger partial charge is 0.369 e. The summed E-state index contributed by atoms with van der Waals surface area (Å²) in [5, 5.41) is 7.39. The zero-order valence-corrected chi connectivity index (χ0v) is 2.89. The van der Waals surface area contributed by atoms with E-state index in [9.17, 15) is 0 Å². The van der Waals surface area contributed by atoms with E-state index in [1.54, 1.807) is 0 Å². The Morgan fingerprint density at radius 3 is 2.25 bits per heavy atom. The van der Waals surface area contributed by atoms with Gasteiger partial charge in [-0.15, -0.1) is 0 Å². The molecule has 2 radical (unpaired) electrons. The highest BCUT2D eigenvalue weighted by atomic mass is 28.2. The highest BCUT2D eigenvalue weighted by molar-refractivity contribution is 6.35. The summed E-state index contributed by atoms with van der Waals surface area (Å²) in [5.41, 5.74) is 1.51. The van der Waals surface area contributed by atoms with Crippen molar-refractivity contribution >= 4 is 9.76 Å². The molecule has 0 spiro atoms. The number of hydrogen-bond donors (Lipinski definition) is 1. The van der Waals surface area contributed by atoms with E-state index in [2.05, 4.69) is 0 Å². The zero-order valence-electron chi connectivity index (χ0n) is 1.89. The standard InChI is InChI=1S/CHNOSi/c2-1-4-3/h3H. The molecule has 0 atom stereocenters. The minimum atomic E-state index is -0.554. The monoisotopic (exact) mass is 71.0 g/mol. The van der Waals surface area contributed by atoms with Gasteiger partial charge in [0, 0.05) is 0 Å². The molecule has 0 saturated carbocycles. The van der Waals surface area contributed by atoms with Crippen molar-refractivity contribution in [1.82, 2.24) is 0 Å². The Kier molecular flexibility index (Phi) is 2.44. The summed E-state index contributed by atoms with van der Waals surface area (Å²) in [7, 11) is -0.554. The Labute approximate surface area is 26.6 Å². The molecule has 0 aromatic heterocycles. The summed E-state index contributed by atoms with van der Waals surface area (Å²) in [6, 6.07) is 0. The van der Waals surface area contributed by atoms with Crippen molar-refractivity contribution in [2.75, 3.05) is 0 Å². The fourth-order valence-corrected chi connectivity index (χ4v) is 0. The van der Waals surface area contributed by atoms with Gasteiger partial charge in [0.1, 0.15) is 0 Å². The van der Waals surface area contributed by atoms with Crippen molar-refractivity contribution in [1.29, 1.82) is 5.26 Å². The van der Waals surface area contributed by atoms with E-state index in [1.165, 1.54) is 5.69 Å². The fourth-order valence-electron chi connectivity index (χ4n) is 0. The summed E-state index contributed by atoms with van der Waals surface area (Å²) in [6.07, 6.45) is 0. The van der Waals surface area contributed by atoms with Crippen molar-refractivity contribution < 1.29 is 4.80 Å². The average Bonchev–Trinajstić information content (AvgIpc) is 1.37. The van der Waals surface area contributed by atoms with Gasteiger partial charge in [0.15, 0.2) is 0 Å². The Hall–Kier alpha value is -0.333. The molecule has 0 rings (SSSR count). The molecule has 0 aliphatic rings. The van der Waals surface area contributed by atoms with E-state index in [0.717, 1.165) is 0 Å². The van der Waals surface area contributed by atoms with Gasteiger partial charge in [-0.05, 0) is 0 Å². The zero-order chi connectivity index (χ0) is 3.41. The molecule has 0 aliphatic heterocycles. The molecular formula is CHNOSi. The van der Waals surface area contributed by atoms with Crippen LogP contribution in [0.4, 0.5) is 0 Å². The van der Waals surface area contributed by atoms with Crippen molar-refractivity contribution in [3.63, 3.8) is 0 Å². The first-order chi connectivity index (χ1) is 1.91. The van der Waals surface area contributed by atoms with Crippen LogP contribution in [-0.2, 0) is 0 Å². The summed E-state index contributed by atoms with van der Waals surface area (Å²) < 4.78 is 0. The summed E-state index contributed by atoms with van der Waals surface area (Å²) in [5.74, 6) is 0. The molecule has 1 N–H and O–H groups in total. The SMILES string of the molecule is N#C[Si]O. The second-order valence-electron chi connectivity index (χ2n) is 0.224.